The van der Waals surface area contributed by atoms with E-state index >= 15 is 0 Å². The number of urea groups is 1. The van der Waals surface area contributed by atoms with E-state index in [9.17, 15) is 14.7 Å². The van der Waals surface area contributed by atoms with Crippen molar-refractivity contribution in [1.82, 2.24) is 10.2 Å². The van der Waals surface area contributed by atoms with Crippen molar-refractivity contribution in [3.63, 3.8) is 0 Å². The van der Waals surface area contributed by atoms with Crippen molar-refractivity contribution in [3.05, 3.63) is 29.8 Å². The topological polar surface area (TPSA) is 81.7 Å². The summed E-state index contributed by atoms with van der Waals surface area (Å²) in [6.45, 7) is 3.29. The molecule has 6 nitrogen and oxygen atoms in total. The van der Waals surface area contributed by atoms with Crippen molar-refractivity contribution in [1.29, 1.82) is 0 Å². The van der Waals surface area contributed by atoms with Gasteiger partial charge in [0.05, 0.1) is 6.10 Å². The first-order valence-electron chi connectivity index (χ1n) is 6.38. The average molecular weight is 279 g/mol. The predicted molar refractivity (Wildman–Crippen MR) is 77.4 cm³/mol. The summed E-state index contributed by atoms with van der Waals surface area (Å²) in [7, 11) is 3.26. The summed E-state index contributed by atoms with van der Waals surface area (Å²) in [5.74, 6) is -0.176. The summed E-state index contributed by atoms with van der Waals surface area (Å²) in [4.78, 5) is 24.8. The Balaban J connectivity index is 2.56. The van der Waals surface area contributed by atoms with Crippen LogP contribution in [0.25, 0.3) is 0 Å². The van der Waals surface area contributed by atoms with Crippen LogP contribution in [0.4, 0.5) is 10.5 Å². The number of carbonyl (C=O) groups is 2. The maximum absolute atomic E-state index is 11.7. The summed E-state index contributed by atoms with van der Waals surface area (Å²) in [5, 5.41) is 14.6. The first-order valence-corrected chi connectivity index (χ1v) is 6.38. The monoisotopic (exact) mass is 279 g/mol. The van der Waals surface area contributed by atoms with Gasteiger partial charge in [0.15, 0.2) is 0 Å². The fourth-order valence-corrected chi connectivity index (χ4v) is 1.66. The fourth-order valence-electron chi connectivity index (χ4n) is 1.66. The maximum atomic E-state index is 11.7. The molecule has 0 aromatic heterocycles. The number of hydrogen-bond donors (Lipinski definition) is 3. The molecular formula is C14H21N3O3. The number of benzene rings is 1. The van der Waals surface area contributed by atoms with E-state index in [0.29, 0.717) is 5.69 Å². The van der Waals surface area contributed by atoms with Gasteiger partial charge in [-0.25, -0.2) is 4.79 Å². The SMILES string of the molecule is CC(NC(=O)Nc1ccc(C(C)O)cc1)C(=O)N(C)C. The van der Waals surface area contributed by atoms with Crippen LogP contribution in [0.15, 0.2) is 24.3 Å². The molecule has 0 bridgehead atoms. The Bertz CT molecular complexity index is 469. The Labute approximate surface area is 118 Å². The zero-order chi connectivity index (χ0) is 15.3. The second-order valence-electron chi connectivity index (χ2n) is 4.85. The van der Waals surface area contributed by atoms with E-state index in [4.69, 9.17) is 0 Å². The number of likely N-dealkylation sites (N-methyl/N-ethyl adjacent to an activating group) is 1. The van der Waals surface area contributed by atoms with Crippen LogP contribution >= 0.6 is 0 Å². The highest BCUT2D eigenvalue weighted by Crippen LogP contribution is 2.15. The molecule has 0 fully saturated rings. The zero-order valence-corrected chi connectivity index (χ0v) is 12.2. The molecule has 1 aromatic rings. The van der Waals surface area contributed by atoms with Crippen molar-refractivity contribution < 1.29 is 14.7 Å². The Hall–Kier alpha value is -2.08. The van der Waals surface area contributed by atoms with Crippen molar-refractivity contribution in [2.45, 2.75) is 26.0 Å². The first kappa shape index (κ1) is 16.0. The number of amides is 3. The van der Waals surface area contributed by atoms with E-state index in [1.54, 1.807) is 52.2 Å². The maximum Gasteiger partial charge on any atom is 0.319 e. The van der Waals surface area contributed by atoms with Gasteiger partial charge in [-0.15, -0.1) is 0 Å². The van der Waals surface area contributed by atoms with E-state index in [-0.39, 0.29) is 5.91 Å². The number of nitrogens with zero attached hydrogens (tertiary/aromatic N) is 1. The smallest absolute Gasteiger partial charge is 0.319 e. The molecule has 3 amide bonds. The number of rotatable bonds is 4. The van der Waals surface area contributed by atoms with Gasteiger partial charge in [0.1, 0.15) is 6.04 Å². The molecule has 3 N–H and O–H groups in total. The van der Waals surface area contributed by atoms with Gasteiger partial charge in [-0.2, -0.15) is 0 Å². The van der Waals surface area contributed by atoms with Crippen molar-refractivity contribution in [2.24, 2.45) is 0 Å². The standard InChI is InChI=1S/C14H21N3O3/c1-9(13(19)17(3)4)15-14(20)16-12-7-5-11(6-8-12)10(2)18/h5-10,18H,1-4H3,(H2,15,16,20). The van der Waals surface area contributed by atoms with E-state index in [0.717, 1.165) is 5.56 Å². The third-order valence-corrected chi connectivity index (χ3v) is 2.81. The number of carbonyl (C=O) groups excluding carboxylic acids is 2. The van der Waals surface area contributed by atoms with Crippen LogP contribution in [-0.4, -0.2) is 42.1 Å². The second-order valence-corrected chi connectivity index (χ2v) is 4.85. The first-order chi connectivity index (χ1) is 9.31. The lowest BCUT2D eigenvalue weighted by atomic mass is 10.1. The normalized spacial score (nSPS) is 13.2. The number of aliphatic hydroxyl groups is 1. The molecule has 110 valence electrons. The predicted octanol–water partition coefficient (Wildman–Crippen LogP) is 1.34. The van der Waals surface area contributed by atoms with Crippen LogP contribution in [0.2, 0.25) is 0 Å². The van der Waals surface area contributed by atoms with Gasteiger partial charge in [-0.05, 0) is 31.5 Å². The third-order valence-electron chi connectivity index (χ3n) is 2.81. The van der Waals surface area contributed by atoms with Crippen LogP contribution in [0.3, 0.4) is 0 Å². The van der Waals surface area contributed by atoms with Gasteiger partial charge in [-0.1, -0.05) is 12.1 Å². The molecule has 20 heavy (non-hydrogen) atoms. The zero-order valence-electron chi connectivity index (χ0n) is 12.2. The van der Waals surface area contributed by atoms with Gasteiger partial charge in [0.25, 0.3) is 0 Å². The molecule has 0 heterocycles. The summed E-state index contributed by atoms with van der Waals surface area (Å²) in [6.07, 6.45) is -0.546. The minimum Gasteiger partial charge on any atom is -0.389 e. The molecule has 0 aliphatic rings. The quantitative estimate of drug-likeness (QED) is 0.778. The Morgan fingerprint density at radius 3 is 2.15 bits per heavy atom. The molecule has 2 unspecified atom stereocenters. The van der Waals surface area contributed by atoms with Crippen LogP contribution in [0.1, 0.15) is 25.5 Å². The van der Waals surface area contributed by atoms with E-state index in [1.165, 1.54) is 4.90 Å². The third kappa shape index (κ3) is 4.55. The Kier molecular flexibility index (Phi) is 5.52. The van der Waals surface area contributed by atoms with E-state index in [1.807, 2.05) is 0 Å². The summed E-state index contributed by atoms with van der Waals surface area (Å²) < 4.78 is 0. The summed E-state index contributed by atoms with van der Waals surface area (Å²) >= 11 is 0. The van der Waals surface area contributed by atoms with Gasteiger partial charge < -0.3 is 20.6 Å². The van der Waals surface area contributed by atoms with Crippen LogP contribution < -0.4 is 10.6 Å². The lowest BCUT2D eigenvalue weighted by molar-refractivity contribution is -0.130. The molecule has 0 saturated carbocycles. The number of aliphatic hydroxyl groups excluding tert-OH is 1. The van der Waals surface area contributed by atoms with Gasteiger partial charge in [0.2, 0.25) is 5.91 Å². The van der Waals surface area contributed by atoms with E-state index < -0.39 is 18.2 Å². The Morgan fingerprint density at radius 2 is 1.70 bits per heavy atom. The highest BCUT2D eigenvalue weighted by atomic mass is 16.3. The summed E-state index contributed by atoms with van der Waals surface area (Å²) in [6, 6.07) is 5.81. The van der Waals surface area contributed by atoms with Crippen LogP contribution in [0.5, 0.6) is 0 Å². The van der Waals surface area contributed by atoms with Gasteiger partial charge in [-0.3, -0.25) is 4.79 Å². The number of anilines is 1. The van der Waals surface area contributed by atoms with Crippen molar-refractivity contribution in [3.8, 4) is 0 Å². The molecule has 1 rings (SSSR count). The molecule has 2 atom stereocenters. The largest absolute Gasteiger partial charge is 0.389 e. The lowest BCUT2D eigenvalue weighted by Crippen LogP contribution is -2.45. The molecule has 6 heteroatoms. The number of hydrogen-bond acceptors (Lipinski definition) is 3. The Morgan fingerprint density at radius 1 is 1.15 bits per heavy atom. The highest BCUT2D eigenvalue weighted by molar-refractivity contribution is 5.93. The van der Waals surface area contributed by atoms with Crippen molar-refractivity contribution in [2.75, 3.05) is 19.4 Å². The number of nitrogens with one attached hydrogen (secondary N) is 2. The van der Waals surface area contributed by atoms with Crippen LogP contribution in [-0.2, 0) is 4.79 Å². The molecule has 0 saturated heterocycles. The minimum absolute atomic E-state index is 0.176. The highest BCUT2D eigenvalue weighted by Gasteiger charge is 2.16. The fraction of sp³-hybridized carbons (Fsp3) is 0.429. The summed E-state index contributed by atoms with van der Waals surface area (Å²) in [5.41, 5.74) is 1.36. The van der Waals surface area contributed by atoms with Gasteiger partial charge in [0, 0.05) is 19.8 Å². The molecule has 0 aliphatic carbocycles. The average Bonchev–Trinajstić information content (AvgIpc) is 2.37. The molecule has 1 aromatic carbocycles. The molecule has 0 aliphatic heterocycles. The lowest BCUT2D eigenvalue weighted by Gasteiger charge is -2.18. The van der Waals surface area contributed by atoms with Gasteiger partial charge >= 0.3 is 6.03 Å². The molecule has 0 radical (unpaired) electrons. The van der Waals surface area contributed by atoms with E-state index in [2.05, 4.69) is 10.6 Å². The minimum atomic E-state index is -0.596. The van der Waals surface area contributed by atoms with Crippen molar-refractivity contribution >= 4 is 17.6 Å². The second kappa shape index (κ2) is 6.91. The molecule has 0 spiro atoms. The molecular weight excluding hydrogens is 258 g/mol. The van der Waals surface area contributed by atoms with Crippen LogP contribution in [0, 0.1) is 0 Å².